The Kier molecular flexibility index (Phi) is 4.71. The van der Waals surface area contributed by atoms with E-state index < -0.39 is 0 Å². The zero-order chi connectivity index (χ0) is 18.6. The van der Waals surface area contributed by atoms with Crippen LogP contribution in [0.25, 0.3) is 10.9 Å². The third-order valence-corrected chi connectivity index (χ3v) is 4.74. The average molecular weight is 356 g/mol. The summed E-state index contributed by atoms with van der Waals surface area (Å²) in [5, 5.41) is 3.82. The molecule has 3 aromatic rings. The molecule has 0 spiro atoms. The summed E-state index contributed by atoms with van der Waals surface area (Å²) in [6, 6.07) is 16.9. The molecule has 0 aliphatic heterocycles. The third-order valence-electron chi connectivity index (χ3n) is 4.74. The van der Waals surface area contributed by atoms with E-state index in [-0.39, 0.29) is 18.2 Å². The number of nitrogens with zero attached hydrogens (tertiary/aromatic N) is 1. The number of carbonyl (C=O) groups is 2. The normalized spacial score (nSPS) is 13.0. The number of fused-ring (bicyclic) bond motifs is 1. The number of allylic oxidation sites excluding steroid dienone is 3. The number of amides is 1. The first-order valence-corrected chi connectivity index (χ1v) is 9.01. The fourth-order valence-corrected chi connectivity index (χ4v) is 3.35. The minimum absolute atomic E-state index is 0.0341. The molecule has 27 heavy (non-hydrogen) atoms. The molecule has 0 fully saturated rings. The highest BCUT2D eigenvalue weighted by Crippen LogP contribution is 2.24. The van der Waals surface area contributed by atoms with E-state index in [0.717, 1.165) is 17.3 Å². The third kappa shape index (κ3) is 3.60. The van der Waals surface area contributed by atoms with Gasteiger partial charge in [-0.15, -0.1) is 0 Å². The maximum Gasteiger partial charge on any atom is 0.240 e. The zero-order valence-electron chi connectivity index (χ0n) is 14.9. The number of benzene rings is 2. The average Bonchev–Trinajstić information content (AvgIpc) is 3.35. The van der Waals surface area contributed by atoms with Gasteiger partial charge in [0.2, 0.25) is 5.91 Å². The number of nitrogens with one attached hydrogen (secondary N) is 1. The molecule has 134 valence electrons. The minimum Gasteiger partial charge on any atom is -0.351 e. The SMILES string of the molecule is O=C(Cn1cc(C(=O)c2ccccc2)c2ccccc21)NCC1=CC=CC1. The van der Waals surface area contributed by atoms with Crippen LogP contribution in [-0.2, 0) is 11.3 Å². The molecule has 1 aliphatic carbocycles. The maximum absolute atomic E-state index is 12.9. The number of hydrogen-bond acceptors (Lipinski definition) is 2. The van der Waals surface area contributed by atoms with Crippen molar-refractivity contribution in [2.45, 2.75) is 13.0 Å². The number of carbonyl (C=O) groups excluding carboxylic acids is 2. The number of ketones is 1. The van der Waals surface area contributed by atoms with Crippen LogP contribution in [-0.4, -0.2) is 22.8 Å². The lowest BCUT2D eigenvalue weighted by atomic mass is 10.0. The molecule has 1 aromatic heterocycles. The first-order chi connectivity index (χ1) is 13.2. The molecule has 1 N–H and O–H groups in total. The molecular weight excluding hydrogens is 336 g/mol. The Bertz CT molecular complexity index is 1060. The summed E-state index contributed by atoms with van der Waals surface area (Å²) in [6.45, 7) is 0.740. The molecule has 1 aliphatic rings. The number of rotatable bonds is 6. The van der Waals surface area contributed by atoms with E-state index in [1.54, 1.807) is 6.20 Å². The van der Waals surface area contributed by atoms with Crippen LogP contribution in [0.1, 0.15) is 22.3 Å². The van der Waals surface area contributed by atoms with Gasteiger partial charge in [0.25, 0.3) is 0 Å². The van der Waals surface area contributed by atoms with Crippen LogP contribution in [0.2, 0.25) is 0 Å². The molecule has 0 unspecified atom stereocenters. The van der Waals surface area contributed by atoms with Gasteiger partial charge in [-0.25, -0.2) is 0 Å². The Morgan fingerprint density at radius 2 is 1.78 bits per heavy atom. The highest BCUT2D eigenvalue weighted by atomic mass is 16.2. The lowest BCUT2D eigenvalue weighted by Gasteiger charge is -2.08. The largest absolute Gasteiger partial charge is 0.351 e. The molecule has 4 nitrogen and oxygen atoms in total. The molecular formula is C23H20N2O2. The molecule has 4 rings (SSSR count). The van der Waals surface area contributed by atoms with Gasteiger partial charge >= 0.3 is 0 Å². The predicted molar refractivity (Wildman–Crippen MR) is 107 cm³/mol. The summed E-state index contributed by atoms with van der Waals surface area (Å²) in [5.74, 6) is -0.101. The van der Waals surface area contributed by atoms with E-state index in [1.807, 2.05) is 71.3 Å². The van der Waals surface area contributed by atoms with Crippen molar-refractivity contribution in [1.29, 1.82) is 0 Å². The second kappa shape index (κ2) is 7.46. The lowest BCUT2D eigenvalue weighted by Crippen LogP contribution is -2.28. The number of hydrogen-bond donors (Lipinski definition) is 1. The summed E-state index contributed by atoms with van der Waals surface area (Å²) < 4.78 is 1.85. The monoisotopic (exact) mass is 356 g/mol. The Hall–Kier alpha value is -3.40. The Labute approximate surface area is 157 Å². The molecule has 0 saturated carbocycles. The second-order valence-electron chi connectivity index (χ2n) is 6.62. The van der Waals surface area contributed by atoms with E-state index in [1.165, 1.54) is 5.57 Å². The van der Waals surface area contributed by atoms with Gasteiger partial charge in [0, 0.05) is 34.8 Å². The van der Waals surface area contributed by atoms with Crippen LogP contribution >= 0.6 is 0 Å². The van der Waals surface area contributed by atoms with Gasteiger partial charge in [0.1, 0.15) is 6.54 Å². The van der Waals surface area contributed by atoms with Crippen LogP contribution in [0, 0.1) is 0 Å². The van der Waals surface area contributed by atoms with Crippen molar-refractivity contribution in [3.05, 3.63) is 95.7 Å². The van der Waals surface area contributed by atoms with Crippen LogP contribution in [0.5, 0.6) is 0 Å². The predicted octanol–water partition coefficient (Wildman–Crippen LogP) is 3.87. The number of aromatic nitrogens is 1. The fraction of sp³-hybridized carbons (Fsp3) is 0.130. The maximum atomic E-state index is 12.9. The van der Waals surface area contributed by atoms with Gasteiger partial charge in [-0.3, -0.25) is 9.59 Å². The Morgan fingerprint density at radius 3 is 2.56 bits per heavy atom. The second-order valence-corrected chi connectivity index (χ2v) is 6.62. The molecule has 0 bridgehead atoms. The summed E-state index contributed by atoms with van der Waals surface area (Å²) in [4.78, 5) is 25.3. The first-order valence-electron chi connectivity index (χ1n) is 9.01. The smallest absolute Gasteiger partial charge is 0.240 e. The highest BCUT2D eigenvalue weighted by Gasteiger charge is 2.17. The minimum atomic E-state index is -0.0673. The van der Waals surface area contributed by atoms with Crippen molar-refractivity contribution >= 4 is 22.6 Å². The van der Waals surface area contributed by atoms with Gasteiger partial charge in [0.15, 0.2) is 5.78 Å². The Morgan fingerprint density at radius 1 is 1.00 bits per heavy atom. The zero-order valence-corrected chi connectivity index (χ0v) is 14.9. The summed E-state index contributed by atoms with van der Waals surface area (Å²) in [7, 11) is 0. The van der Waals surface area contributed by atoms with Crippen LogP contribution in [0.3, 0.4) is 0 Å². The van der Waals surface area contributed by atoms with Gasteiger partial charge in [-0.2, -0.15) is 0 Å². The molecule has 2 aromatic carbocycles. The van der Waals surface area contributed by atoms with E-state index in [9.17, 15) is 9.59 Å². The van der Waals surface area contributed by atoms with Crippen molar-refractivity contribution < 1.29 is 9.59 Å². The van der Waals surface area contributed by atoms with Gasteiger partial charge < -0.3 is 9.88 Å². The van der Waals surface area contributed by atoms with Crippen molar-refractivity contribution in [3.8, 4) is 0 Å². The highest BCUT2D eigenvalue weighted by molar-refractivity contribution is 6.16. The quantitative estimate of drug-likeness (QED) is 0.682. The standard InChI is InChI=1S/C23H20N2O2/c26-22(24-14-17-8-4-5-9-17)16-25-15-20(19-12-6-7-13-21(19)25)23(27)18-10-2-1-3-11-18/h1-8,10-13,15H,9,14,16H2,(H,24,26). The Balaban J connectivity index is 1.58. The van der Waals surface area contributed by atoms with E-state index >= 15 is 0 Å². The summed E-state index contributed by atoms with van der Waals surface area (Å²) in [6.07, 6.45) is 8.78. The van der Waals surface area contributed by atoms with Gasteiger partial charge in [0.05, 0.1) is 0 Å². The molecule has 0 atom stereocenters. The van der Waals surface area contributed by atoms with Crippen molar-refractivity contribution in [2.75, 3.05) is 6.54 Å². The fourth-order valence-electron chi connectivity index (χ4n) is 3.35. The van der Waals surface area contributed by atoms with Crippen LogP contribution < -0.4 is 5.32 Å². The molecule has 0 radical (unpaired) electrons. The van der Waals surface area contributed by atoms with Crippen LogP contribution in [0.4, 0.5) is 0 Å². The summed E-state index contributed by atoms with van der Waals surface area (Å²) >= 11 is 0. The molecule has 1 amide bonds. The van der Waals surface area contributed by atoms with E-state index in [2.05, 4.69) is 11.4 Å². The first kappa shape index (κ1) is 17.0. The lowest BCUT2D eigenvalue weighted by molar-refractivity contribution is -0.121. The van der Waals surface area contributed by atoms with E-state index in [4.69, 9.17) is 0 Å². The van der Waals surface area contributed by atoms with E-state index in [0.29, 0.717) is 17.7 Å². The van der Waals surface area contributed by atoms with Crippen LogP contribution in [0.15, 0.2) is 84.6 Å². The van der Waals surface area contributed by atoms with Crippen molar-refractivity contribution in [2.24, 2.45) is 0 Å². The molecule has 1 heterocycles. The van der Waals surface area contributed by atoms with Gasteiger partial charge in [-0.1, -0.05) is 66.8 Å². The van der Waals surface area contributed by atoms with Crippen molar-refractivity contribution in [3.63, 3.8) is 0 Å². The molecule has 4 heteroatoms. The molecule has 0 saturated heterocycles. The summed E-state index contributed by atoms with van der Waals surface area (Å²) in [5.41, 5.74) is 3.34. The number of para-hydroxylation sites is 1. The van der Waals surface area contributed by atoms with Gasteiger partial charge in [-0.05, 0) is 18.1 Å². The van der Waals surface area contributed by atoms with Crippen molar-refractivity contribution in [1.82, 2.24) is 9.88 Å². The topological polar surface area (TPSA) is 51.1 Å².